The fourth-order valence-corrected chi connectivity index (χ4v) is 2.13. The number of anilines is 1. The molecule has 0 aromatic heterocycles. The van der Waals surface area contributed by atoms with Gasteiger partial charge in [-0.25, -0.2) is 0 Å². The molecule has 0 bridgehead atoms. The molecule has 2 aromatic carbocycles. The van der Waals surface area contributed by atoms with E-state index in [4.69, 9.17) is 10.5 Å². The second-order valence-electron chi connectivity index (χ2n) is 4.67. The highest BCUT2D eigenvalue weighted by Crippen LogP contribution is 2.23. The summed E-state index contributed by atoms with van der Waals surface area (Å²) in [7, 11) is 0. The Morgan fingerprint density at radius 1 is 1.24 bits per heavy atom. The zero-order valence-corrected chi connectivity index (χ0v) is 13.3. The van der Waals surface area contributed by atoms with Gasteiger partial charge in [-0.2, -0.15) is 0 Å². The van der Waals surface area contributed by atoms with Crippen molar-refractivity contribution in [1.29, 1.82) is 0 Å². The van der Waals surface area contributed by atoms with Gasteiger partial charge in [0.2, 0.25) is 0 Å². The molecule has 0 aliphatic carbocycles. The maximum Gasteiger partial charge on any atom is 0.262 e. The van der Waals surface area contributed by atoms with E-state index < -0.39 is 0 Å². The van der Waals surface area contributed by atoms with E-state index in [2.05, 4.69) is 21.2 Å². The first-order chi connectivity index (χ1) is 10.1. The van der Waals surface area contributed by atoms with Crippen LogP contribution in [0.25, 0.3) is 0 Å². The molecule has 110 valence electrons. The number of halogens is 1. The summed E-state index contributed by atoms with van der Waals surface area (Å²) in [6.07, 6.45) is 0. The number of para-hydroxylation sites is 1. The highest BCUT2D eigenvalue weighted by atomic mass is 79.9. The Hall–Kier alpha value is -1.85. The van der Waals surface area contributed by atoms with E-state index in [0.29, 0.717) is 5.75 Å². The van der Waals surface area contributed by atoms with Crippen molar-refractivity contribution in [2.24, 2.45) is 5.73 Å². The first-order valence-electron chi connectivity index (χ1n) is 6.59. The maximum atomic E-state index is 11.9. The van der Waals surface area contributed by atoms with Gasteiger partial charge in [0.1, 0.15) is 5.75 Å². The van der Waals surface area contributed by atoms with Gasteiger partial charge >= 0.3 is 0 Å². The van der Waals surface area contributed by atoms with Gasteiger partial charge in [-0.1, -0.05) is 34.1 Å². The lowest BCUT2D eigenvalue weighted by Gasteiger charge is -2.13. The molecule has 0 saturated carbocycles. The molecule has 0 aliphatic heterocycles. The van der Waals surface area contributed by atoms with Crippen LogP contribution in [0.15, 0.2) is 53.0 Å². The van der Waals surface area contributed by atoms with Crippen molar-refractivity contribution in [3.8, 4) is 5.75 Å². The van der Waals surface area contributed by atoms with E-state index in [1.807, 2.05) is 55.5 Å². The number of ether oxygens (including phenoxy) is 1. The third kappa shape index (κ3) is 4.58. The average Bonchev–Trinajstić information content (AvgIpc) is 2.48. The molecule has 4 nitrogen and oxygen atoms in total. The maximum absolute atomic E-state index is 11.9. The number of hydrogen-bond donors (Lipinski definition) is 2. The summed E-state index contributed by atoms with van der Waals surface area (Å²) in [5, 5.41) is 2.77. The van der Waals surface area contributed by atoms with Crippen LogP contribution in [-0.2, 0) is 4.79 Å². The Labute approximate surface area is 132 Å². The third-order valence-corrected chi connectivity index (χ3v) is 3.42. The summed E-state index contributed by atoms with van der Waals surface area (Å²) in [5.74, 6) is 0.426. The lowest BCUT2D eigenvalue weighted by atomic mass is 10.1. The number of nitrogens with two attached hydrogens (primary N) is 1. The topological polar surface area (TPSA) is 64.3 Å². The number of carbonyl (C=O) groups is 1. The Kier molecular flexibility index (Phi) is 5.36. The van der Waals surface area contributed by atoms with Gasteiger partial charge in [-0.3, -0.25) is 4.79 Å². The summed E-state index contributed by atoms with van der Waals surface area (Å²) >= 11 is 3.35. The molecule has 2 rings (SSSR count). The zero-order chi connectivity index (χ0) is 15.2. The molecule has 3 N–H and O–H groups in total. The summed E-state index contributed by atoms with van der Waals surface area (Å²) < 4.78 is 6.52. The summed E-state index contributed by atoms with van der Waals surface area (Å²) in [6.45, 7) is 1.82. The standard InChI is InChI=1S/C16H17BrN2O2/c1-11(18)14-4-2-3-5-15(14)21-10-16(20)19-13-8-6-12(17)7-9-13/h2-9,11H,10,18H2,1H3,(H,19,20)/t11-/m1/s1. The van der Waals surface area contributed by atoms with Crippen LogP contribution in [0.5, 0.6) is 5.75 Å². The minimum Gasteiger partial charge on any atom is -0.483 e. The SMILES string of the molecule is C[C@@H](N)c1ccccc1OCC(=O)Nc1ccc(Br)cc1. The van der Waals surface area contributed by atoms with Crippen molar-refractivity contribution in [1.82, 2.24) is 0 Å². The fourth-order valence-electron chi connectivity index (χ4n) is 1.86. The zero-order valence-electron chi connectivity index (χ0n) is 11.7. The van der Waals surface area contributed by atoms with Gasteiger partial charge in [0.25, 0.3) is 5.91 Å². The first-order valence-corrected chi connectivity index (χ1v) is 7.38. The number of hydrogen-bond acceptors (Lipinski definition) is 3. The van der Waals surface area contributed by atoms with E-state index in [-0.39, 0.29) is 18.6 Å². The molecule has 1 amide bonds. The van der Waals surface area contributed by atoms with Gasteiger partial charge < -0.3 is 15.8 Å². The van der Waals surface area contributed by atoms with Crippen LogP contribution in [0.1, 0.15) is 18.5 Å². The molecule has 0 saturated heterocycles. The predicted molar refractivity (Wildman–Crippen MR) is 87.3 cm³/mol. The molecule has 2 aromatic rings. The molecule has 0 heterocycles. The largest absolute Gasteiger partial charge is 0.483 e. The van der Waals surface area contributed by atoms with E-state index in [0.717, 1.165) is 15.7 Å². The molecule has 1 atom stereocenters. The smallest absolute Gasteiger partial charge is 0.262 e. The van der Waals surface area contributed by atoms with Crippen LogP contribution in [0.2, 0.25) is 0 Å². The molecule has 0 spiro atoms. The molecule has 0 radical (unpaired) electrons. The minimum absolute atomic E-state index is 0.0558. The van der Waals surface area contributed by atoms with Crippen molar-refractivity contribution in [2.45, 2.75) is 13.0 Å². The van der Waals surface area contributed by atoms with E-state index in [1.165, 1.54) is 0 Å². The quantitative estimate of drug-likeness (QED) is 0.869. The summed E-state index contributed by atoms with van der Waals surface area (Å²) in [6, 6.07) is 14.7. The van der Waals surface area contributed by atoms with Gasteiger partial charge in [0.05, 0.1) is 0 Å². The van der Waals surface area contributed by atoms with Crippen LogP contribution in [0.4, 0.5) is 5.69 Å². The van der Waals surface area contributed by atoms with Gasteiger partial charge in [-0.05, 0) is 37.3 Å². The molecule has 5 heteroatoms. The molecule has 0 fully saturated rings. The van der Waals surface area contributed by atoms with E-state index in [1.54, 1.807) is 0 Å². The Morgan fingerprint density at radius 3 is 2.57 bits per heavy atom. The molecule has 21 heavy (non-hydrogen) atoms. The second kappa shape index (κ2) is 7.24. The predicted octanol–water partition coefficient (Wildman–Crippen LogP) is 3.49. The van der Waals surface area contributed by atoms with Gasteiger partial charge in [0, 0.05) is 21.8 Å². The summed E-state index contributed by atoms with van der Waals surface area (Å²) in [4.78, 5) is 11.9. The highest BCUT2D eigenvalue weighted by molar-refractivity contribution is 9.10. The van der Waals surface area contributed by atoms with Crippen molar-refractivity contribution >= 4 is 27.5 Å². The Bertz CT molecular complexity index is 612. The lowest BCUT2D eigenvalue weighted by Crippen LogP contribution is -2.21. The third-order valence-electron chi connectivity index (χ3n) is 2.90. The highest BCUT2D eigenvalue weighted by Gasteiger charge is 2.09. The second-order valence-corrected chi connectivity index (χ2v) is 5.59. The van der Waals surface area contributed by atoms with Crippen LogP contribution in [0.3, 0.4) is 0 Å². The molecule has 0 unspecified atom stereocenters. The molecule has 0 aliphatic rings. The number of carbonyl (C=O) groups excluding carboxylic acids is 1. The van der Waals surface area contributed by atoms with E-state index >= 15 is 0 Å². The Balaban J connectivity index is 1.94. The monoisotopic (exact) mass is 348 g/mol. The van der Waals surface area contributed by atoms with Gasteiger partial charge in [0.15, 0.2) is 6.61 Å². The Morgan fingerprint density at radius 2 is 1.90 bits per heavy atom. The number of rotatable bonds is 5. The number of nitrogens with one attached hydrogen (secondary N) is 1. The van der Waals surface area contributed by atoms with Crippen LogP contribution >= 0.6 is 15.9 Å². The van der Waals surface area contributed by atoms with Crippen LogP contribution in [-0.4, -0.2) is 12.5 Å². The number of amides is 1. The normalized spacial score (nSPS) is 11.8. The van der Waals surface area contributed by atoms with Crippen molar-refractivity contribution in [3.63, 3.8) is 0 Å². The fraction of sp³-hybridized carbons (Fsp3) is 0.188. The van der Waals surface area contributed by atoms with Crippen LogP contribution < -0.4 is 15.8 Å². The van der Waals surface area contributed by atoms with Crippen LogP contribution in [0, 0.1) is 0 Å². The molecular formula is C16H17BrN2O2. The lowest BCUT2D eigenvalue weighted by molar-refractivity contribution is -0.118. The van der Waals surface area contributed by atoms with Crippen molar-refractivity contribution in [3.05, 3.63) is 58.6 Å². The minimum atomic E-state index is -0.211. The molecular weight excluding hydrogens is 332 g/mol. The van der Waals surface area contributed by atoms with Crippen molar-refractivity contribution < 1.29 is 9.53 Å². The summed E-state index contributed by atoms with van der Waals surface area (Å²) in [5.41, 5.74) is 7.49. The average molecular weight is 349 g/mol. The van der Waals surface area contributed by atoms with Gasteiger partial charge in [-0.15, -0.1) is 0 Å². The van der Waals surface area contributed by atoms with Crippen molar-refractivity contribution in [2.75, 3.05) is 11.9 Å². The van der Waals surface area contributed by atoms with E-state index in [9.17, 15) is 4.79 Å². The first kappa shape index (κ1) is 15.5. The number of benzene rings is 2.